The monoisotopic (exact) mass is 299 g/mol. The molecule has 2 nitrogen and oxygen atoms in total. The van der Waals surface area contributed by atoms with Crippen molar-refractivity contribution in [2.75, 3.05) is 0 Å². The summed E-state index contributed by atoms with van der Waals surface area (Å²) in [7, 11) is 0. The number of amides is 1. The molecule has 2 heterocycles. The van der Waals surface area contributed by atoms with E-state index in [4.69, 9.17) is 0 Å². The molecule has 17 heavy (non-hydrogen) atoms. The van der Waals surface area contributed by atoms with Gasteiger partial charge in [0, 0.05) is 22.3 Å². The molecule has 1 aliphatic carbocycles. The summed E-state index contributed by atoms with van der Waals surface area (Å²) in [4.78, 5) is 15.7. The summed E-state index contributed by atoms with van der Waals surface area (Å²) >= 11 is 3.74. The highest BCUT2D eigenvalue weighted by Gasteiger charge is 2.48. The maximum atomic E-state index is 12.8. The van der Waals surface area contributed by atoms with Gasteiger partial charge in [-0.25, -0.2) is 0 Å². The Morgan fingerprint density at radius 3 is 2.24 bits per heavy atom. The van der Waals surface area contributed by atoms with Crippen LogP contribution in [-0.4, -0.2) is 27.7 Å². The highest BCUT2D eigenvalue weighted by molar-refractivity contribution is 9.09. The molecule has 0 aromatic carbocycles. The second kappa shape index (κ2) is 4.25. The molecule has 1 saturated carbocycles. The zero-order chi connectivity index (χ0) is 12.0. The minimum absolute atomic E-state index is 0.0278. The van der Waals surface area contributed by atoms with Crippen molar-refractivity contribution in [2.45, 2.75) is 75.2 Å². The molecule has 3 heteroatoms. The summed E-state index contributed by atoms with van der Waals surface area (Å²) in [5, 5.41) is 0. The van der Waals surface area contributed by atoms with Gasteiger partial charge < -0.3 is 4.90 Å². The number of piperidine rings is 1. The van der Waals surface area contributed by atoms with Crippen LogP contribution < -0.4 is 0 Å². The van der Waals surface area contributed by atoms with Gasteiger partial charge in [0.2, 0.25) is 5.91 Å². The predicted octanol–water partition coefficient (Wildman–Crippen LogP) is 3.48. The molecule has 3 fully saturated rings. The quantitative estimate of drug-likeness (QED) is 0.679. The Labute approximate surface area is 112 Å². The van der Waals surface area contributed by atoms with Gasteiger partial charge in [-0.15, -0.1) is 0 Å². The van der Waals surface area contributed by atoms with Gasteiger partial charge in [0.05, 0.1) is 0 Å². The SMILES string of the molecule is CC1(C(=O)N2C3CCC2CC(Br)C3)CCCC1. The molecular formula is C14H22BrNO. The van der Waals surface area contributed by atoms with Gasteiger partial charge in [-0.05, 0) is 38.5 Å². The van der Waals surface area contributed by atoms with Crippen molar-refractivity contribution in [3.63, 3.8) is 0 Å². The van der Waals surface area contributed by atoms with Crippen LogP contribution in [0.2, 0.25) is 0 Å². The van der Waals surface area contributed by atoms with E-state index in [1.807, 2.05) is 0 Å². The molecule has 0 N–H and O–H groups in total. The van der Waals surface area contributed by atoms with Crippen molar-refractivity contribution in [1.29, 1.82) is 0 Å². The normalized spacial score (nSPS) is 39.6. The third kappa shape index (κ3) is 1.94. The standard InChI is InChI=1S/C14H22BrNO/c1-14(6-2-3-7-14)13(17)16-11-4-5-12(16)9-10(15)8-11/h10-12H,2-9H2,1H3. The second-order valence-electron chi connectivity index (χ2n) is 6.43. The Balaban J connectivity index is 1.78. The number of fused-ring (bicyclic) bond motifs is 2. The molecule has 0 aromatic heterocycles. The van der Waals surface area contributed by atoms with Gasteiger partial charge in [-0.1, -0.05) is 35.7 Å². The third-order valence-corrected chi connectivity index (χ3v) is 5.88. The Hall–Kier alpha value is -0.0500. The number of halogens is 1. The topological polar surface area (TPSA) is 20.3 Å². The van der Waals surface area contributed by atoms with Gasteiger partial charge >= 0.3 is 0 Å². The minimum Gasteiger partial charge on any atom is -0.336 e. The van der Waals surface area contributed by atoms with Gasteiger partial charge in [0.25, 0.3) is 0 Å². The zero-order valence-corrected chi connectivity index (χ0v) is 12.2. The lowest BCUT2D eigenvalue weighted by molar-refractivity contribution is -0.145. The van der Waals surface area contributed by atoms with E-state index in [1.54, 1.807) is 0 Å². The molecule has 2 aliphatic heterocycles. The van der Waals surface area contributed by atoms with Crippen LogP contribution in [0.25, 0.3) is 0 Å². The average molecular weight is 300 g/mol. The number of rotatable bonds is 1. The molecule has 0 radical (unpaired) electrons. The van der Waals surface area contributed by atoms with E-state index in [2.05, 4.69) is 27.8 Å². The van der Waals surface area contributed by atoms with Gasteiger partial charge in [0.1, 0.15) is 0 Å². The first kappa shape index (κ1) is 12.0. The first-order valence-corrected chi connectivity index (χ1v) is 7.98. The lowest BCUT2D eigenvalue weighted by Crippen LogP contribution is -2.51. The summed E-state index contributed by atoms with van der Waals surface area (Å²) in [6.07, 6.45) is 9.50. The fraction of sp³-hybridized carbons (Fsp3) is 0.929. The summed E-state index contributed by atoms with van der Waals surface area (Å²) < 4.78 is 0. The molecule has 96 valence electrons. The summed E-state index contributed by atoms with van der Waals surface area (Å²) in [5.41, 5.74) is -0.0278. The predicted molar refractivity (Wildman–Crippen MR) is 72.2 cm³/mol. The lowest BCUT2D eigenvalue weighted by Gasteiger charge is -2.41. The van der Waals surface area contributed by atoms with E-state index in [1.165, 1.54) is 38.5 Å². The van der Waals surface area contributed by atoms with Gasteiger partial charge in [-0.3, -0.25) is 4.79 Å². The van der Waals surface area contributed by atoms with Crippen molar-refractivity contribution in [3.05, 3.63) is 0 Å². The number of carbonyl (C=O) groups is 1. The van der Waals surface area contributed by atoms with E-state index in [-0.39, 0.29) is 5.41 Å². The van der Waals surface area contributed by atoms with Crippen LogP contribution in [0.4, 0.5) is 0 Å². The van der Waals surface area contributed by atoms with Crippen LogP contribution in [0.1, 0.15) is 58.3 Å². The molecule has 2 unspecified atom stereocenters. The molecule has 0 spiro atoms. The van der Waals surface area contributed by atoms with E-state index in [0.717, 1.165) is 12.8 Å². The Morgan fingerprint density at radius 2 is 1.71 bits per heavy atom. The maximum absolute atomic E-state index is 12.8. The zero-order valence-electron chi connectivity index (χ0n) is 10.6. The minimum atomic E-state index is -0.0278. The van der Waals surface area contributed by atoms with E-state index in [0.29, 0.717) is 22.8 Å². The number of alkyl halides is 1. The van der Waals surface area contributed by atoms with Crippen LogP contribution in [0.5, 0.6) is 0 Å². The summed E-state index contributed by atoms with van der Waals surface area (Å²) in [6, 6.07) is 1.06. The van der Waals surface area contributed by atoms with E-state index < -0.39 is 0 Å². The van der Waals surface area contributed by atoms with Crippen LogP contribution >= 0.6 is 15.9 Å². The summed E-state index contributed by atoms with van der Waals surface area (Å²) in [6.45, 7) is 2.20. The van der Waals surface area contributed by atoms with Crippen molar-refractivity contribution in [3.8, 4) is 0 Å². The largest absolute Gasteiger partial charge is 0.336 e. The van der Waals surface area contributed by atoms with E-state index in [9.17, 15) is 4.79 Å². The Morgan fingerprint density at radius 1 is 1.18 bits per heavy atom. The highest BCUT2D eigenvalue weighted by Crippen LogP contribution is 2.45. The molecule has 2 saturated heterocycles. The Kier molecular flexibility index (Phi) is 3.00. The first-order valence-electron chi connectivity index (χ1n) is 7.07. The van der Waals surface area contributed by atoms with Crippen LogP contribution in [0.15, 0.2) is 0 Å². The van der Waals surface area contributed by atoms with Crippen molar-refractivity contribution >= 4 is 21.8 Å². The van der Waals surface area contributed by atoms with E-state index >= 15 is 0 Å². The molecule has 3 rings (SSSR count). The molecule has 2 atom stereocenters. The van der Waals surface area contributed by atoms with Crippen molar-refractivity contribution in [1.82, 2.24) is 4.90 Å². The molecule has 0 aromatic rings. The van der Waals surface area contributed by atoms with Crippen LogP contribution in [0, 0.1) is 5.41 Å². The van der Waals surface area contributed by atoms with Crippen molar-refractivity contribution in [2.24, 2.45) is 5.41 Å². The number of hydrogen-bond donors (Lipinski definition) is 0. The third-order valence-electron chi connectivity index (χ3n) is 5.13. The smallest absolute Gasteiger partial charge is 0.229 e. The average Bonchev–Trinajstić information content (AvgIpc) is 2.82. The summed E-state index contributed by atoms with van der Waals surface area (Å²) in [5.74, 6) is 0.474. The van der Waals surface area contributed by atoms with Crippen molar-refractivity contribution < 1.29 is 4.79 Å². The highest BCUT2D eigenvalue weighted by atomic mass is 79.9. The Bertz CT molecular complexity index is 310. The van der Waals surface area contributed by atoms with Crippen LogP contribution in [-0.2, 0) is 4.79 Å². The fourth-order valence-electron chi connectivity index (χ4n) is 4.12. The second-order valence-corrected chi connectivity index (χ2v) is 7.73. The van der Waals surface area contributed by atoms with Crippen LogP contribution in [0.3, 0.4) is 0 Å². The fourth-order valence-corrected chi connectivity index (χ4v) is 4.99. The molecule has 3 aliphatic rings. The maximum Gasteiger partial charge on any atom is 0.229 e. The van der Waals surface area contributed by atoms with Gasteiger partial charge in [-0.2, -0.15) is 0 Å². The molecule has 2 bridgehead atoms. The van der Waals surface area contributed by atoms with Gasteiger partial charge in [0.15, 0.2) is 0 Å². The number of nitrogens with zero attached hydrogens (tertiary/aromatic N) is 1. The first-order chi connectivity index (χ1) is 8.10. The lowest BCUT2D eigenvalue weighted by atomic mass is 9.85. The number of hydrogen-bond acceptors (Lipinski definition) is 1. The number of carbonyl (C=O) groups excluding carboxylic acids is 1. The molecule has 1 amide bonds. The molecular weight excluding hydrogens is 278 g/mol.